The van der Waals surface area contributed by atoms with E-state index in [0.29, 0.717) is 23.0 Å². The Hall–Kier alpha value is -3.23. The maximum atomic E-state index is 12.5. The molecule has 0 unspecified atom stereocenters. The number of rotatable bonds is 10. The van der Waals surface area contributed by atoms with Crippen LogP contribution in [0.2, 0.25) is 0 Å². The highest BCUT2D eigenvalue weighted by Crippen LogP contribution is 2.09. The zero-order valence-electron chi connectivity index (χ0n) is 17.9. The average Bonchev–Trinajstić information content (AvgIpc) is 2.76. The summed E-state index contributed by atoms with van der Waals surface area (Å²) in [6, 6.07) is 14.9. The monoisotopic (exact) mass is 424 g/mol. The minimum Gasteiger partial charge on any atom is -0.383 e. The molecule has 2 aromatic carbocycles. The van der Waals surface area contributed by atoms with Crippen molar-refractivity contribution in [2.75, 3.05) is 33.9 Å². The van der Waals surface area contributed by atoms with Gasteiger partial charge in [-0.15, -0.1) is 0 Å². The van der Waals surface area contributed by atoms with Gasteiger partial charge in [-0.25, -0.2) is 4.79 Å². The minimum atomic E-state index is -0.520. The number of ether oxygens (including phenoxy) is 1. The highest BCUT2D eigenvalue weighted by Gasteiger charge is 2.11. The number of carbonyl (C=O) groups excluding carboxylic acids is 1. The standard InChI is InChI=1S/C23H28N4O4/c1-26(16-17-7-4-3-5-8-17)12-6-11-24-21(28)18-9-10-19-20(15-18)25-23(30)27(22(19)29)13-14-31-2/h3-5,7-10,15H,6,11-14,16H2,1-2H3,(H,24,28)(H,25,30). The van der Waals surface area contributed by atoms with Crippen LogP contribution in [0, 0.1) is 0 Å². The van der Waals surface area contributed by atoms with Gasteiger partial charge in [0.25, 0.3) is 11.5 Å². The summed E-state index contributed by atoms with van der Waals surface area (Å²) < 4.78 is 6.04. The van der Waals surface area contributed by atoms with E-state index in [2.05, 4.69) is 27.3 Å². The second kappa shape index (κ2) is 10.7. The lowest BCUT2D eigenvalue weighted by Crippen LogP contribution is -2.36. The van der Waals surface area contributed by atoms with E-state index in [4.69, 9.17) is 4.74 Å². The number of hydrogen-bond acceptors (Lipinski definition) is 5. The van der Waals surface area contributed by atoms with Crippen molar-refractivity contribution < 1.29 is 9.53 Å². The van der Waals surface area contributed by atoms with E-state index in [1.165, 1.54) is 18.7 Å². The first-order valence-electron chi connectivity index (χ1n) is 10.3. The van der Waals surface area contributed by atoms with Crippen molar-refractivity contribution in [2.45, 2.75) is 19.5 Å². The molecule has 0 saturated heterocycles. The van der Waals surface area contributed by atoms with Gasteiger partial charge >= 0.3 is 5.69 Å². The van der Waals surface area contributed by atoms with E-state index in [1.54, 1.807) is 12.1 Å². The molecule has 0 radical (unpaired) electrons. The largest absolute Gasteiger partial charge is 0.383 e. The molecule has 1 heterocycles. The smallest absolute Gasteiger partial charge is 0.328 e. The summed E-state index contributed by atoms with van der Waals surface area (Å²) in [6.45, 7) is 2.66. The molecule has 0 bridgehead atoms. The van der Waals surface area contributed by atoms with E-state index in [0.717, 1.165) is 24.1 Å². The molecule has 0 spiro atoms. The zero-order valence-corrected chi connectivity index (χ0v) is 17.9. The number of methoxy groups -OCH3 is 1. The molecule has 1 aromatic heterocycles. The zero-order chi connectivity index (χ0) is 22.2. The van der Waals surface area contributed by atoms with E-state index in [9.17, 15) is 14.4 Å². The first kappa shape index (κ1) is 22.5. The summed E-state index contributed by atoms with van der Waals surface area (Å²) in [6.07, 6.45) is 0.809. The van der Waals surface area contributed by atoms with Crippen LogP contribution in [0.25, 0.3) is 10.9 Å². The van der Waals surface area contributed by atoms with Crippen molar-refractivity contribution in [2.24, 2.45) is 0 Å². The normalized spacial score (nSPS) is 11.2. The van der Waals surface area contributed by atoms with Crippen molar-refractivity contribution in [3.63, 3.8) is 0 Å². The van der Waals surface area contributed by atoms with Crippen LogP contribution in [0.3, 0.4) is 0 Å². The molecular weight excluding hydrogens is 396 g/mol. The summed E-state index contributed by atoms with van der Waals surface area (Å²) in [7, 11) is 3.56. The molecule has 164 valence electrons. The van der Waals surface area contributed by atoms with Crippen LogP contribution in [0.15, 0.2) is 58.1 Å². The van der Waals surface area contributed by atoms with Crippen molar-refractivity contribution in [3.05, 3.63) is 80.5 Å². The Morgan fingerprint density at radius 1 is 1.16 bits per heavy atom. The summed E-state index contributed by atoms with van der Waals surface area (Å²) in [4.78, 5) is 42.1. The predicted molar refractivity (Wildman–Crippen MR) is 120 cm³/mol. The van der Waals surface area contributed by atoms with Crippen LogP contribution >= 0.6 is 0 Å². The molecule has 3 aromatic rings. The number of hydrogen-bond donors (Lipinski definition) is 2. The first-order valence-corrected chi connectivity index (χ1v) is 10.3. The third-order valence-electron chi connectivity index (χ3n) is 5.06. The molecule has 8 heteroatoms. The number of fused-ring (bicyclic) bond motifs is 1. The van der Waals surface area contributed by atoms with Gasteiger partial charge in [0, 0.05) is 25.8 Å². The van der Waals surface area contributed by atoms with Gasteiger partial charge in [-0.05, 0) is 43.8 Å². The average molecular weight is 425 g/mol. The van der Waals surface area contributed by atoms with Crippen molar-refractivity contribution in [3.8, 4) is 0 Å². The fraction of sp³-hybridized carbons (Fsp3) is 0.348. The number of H-pyrrole nitrogens is 1. The molecule has 3 rings (SSSR count). The lowest BCUT2D eigenvalue weighted by molar-refractivity contribution is 0.0952. The Balaban J connectivity index is 1.57. The summed E-state index contributed by atoms with van der Waals surface area (Å²) in [5.41, 5.74) is 1.08. The summed E-state index contributed by atoms with van der Waals surface area (Å²) >= 11 is 0. The fourth-order valence-corrected chi connectivity index (χ4v) is 3.41. The molecule has 2 N–H and O–H groups in total. The van der Waals surface area contributed by atoms with Crippen molar-refractivity contribution in [1.29, 1.82) is 0 Å². The van der Waals surface area contributed by atoms with Gasteiger partial charge < -0.3 is 19.9 Å². The highest BCUT2D eigenvalue weighted by molar-refractivity contribution is 5.97. The molecule has 8 nitrogen and oxygen atoms in total. The molecule has 0 aliphatic heterocycles. The molecule has 0 atom stereocenters. The second-order valence-corrected chi connectivity index (χ2v) is 7.47. The topological polar surface area (TPSA) is 96.4 Å². The Morgan fingerprint density at radius 2 is 1.94 bits per heavy atom. The van der Waals surface area contributed by atoms with Crippen LogP contribution in [0.4, 0.5) is 0 Å². The van der Waals surface area contributed by atoms with E-state index in [1.807, 2.05) is 25.2 Å². The highest BCUT2D eigenvalue weighted by atomic mass is 16.5. The molecular formula is C23H28N4O4. The minimum absolute atomic E-state index is 0.168. The number of aromatic amines is 1. The molecule has 0 aliphatic rings. The number of aromatic nitrogens is 2. The quantitative estimate of drug-likeness (QED) is 0.482. The number of benzene rings is 2. The van der Waals surface area contributed by atoms with E-state index < -0.39 is 11.2 Å². The lowest BCUT2D eigenvalue weighted by Gasteiger charge is -2.16. The Morgan fingerprint density at radius 3 is 2.68 bits per heavy atom. The van der Waals surface area contributed by atoms with Gasteiger partial charge in [-0.1, -0.05) is 30.3 Å². The lowest BCUT2D eigenvalue weighted by atomic mass is 10.1. The Labute approximate surface area is 180 Å². The number of nitrogens with one attached hydrogen (secondary N) is 2. The van der Waals surface area contributed by atoms with Gasteiger partial charge in [0.1, 0.15) is 0 Å². The van der Waals surface area contributed by atoms with Gasteiger partial charge in [-0.3, -0.25) is 14.2 Å². The Kier molecular flexibility index (Phi) is 7.75. The van der Waals surface area contributed by atoms with E-state index in [-0.39, 0.29) is 19.1 Å². The third-order valence-corrected chi connectivity index (χ3v) is 5.06. The first-order chi connectivity index (χ1) is 15.0. The molecule has 31 heavy (non-hydrogen) atoms. The van der Waals surface area contributed by atoms with Crippen LogP contribution in [0.1, 0.15) is 22.3 Å². The van der Waals surface area contributed by atoms with Gasteiger partial charge in [-0.2, -0.15) is 0 Å². The van der Waals surface area contributed by atoms with Crippen LogP contribution in [0.5, 0.6) is 0 Å². The van der Waals surface area contributed by atoms with E-state index >= 15 is 0 Å². The predicted octanol–water partition coefficient (Wildman–Crippen LogP) is 1.59. The number of carbonyl (C=O) groups is 1. The summed E-state index contributed by atoms with van der Waals surface area (Å²) in [5.74, 6) is -0.239. The SMILES string of the molecule is COCCn1c(=O)[nH]c2cc(C(=O)NCCCN(C)Cc3ccccc3)ccc2c1=O. The fourth-order valence-electron chi connectivity index (χ4n) is 3.41. The molecule has 0 fully saturated rings. The molecule has 0 saturated carbocycles. The van der Waals surface area contributed by atoms with Gasteiger partial charge in [0.05, 0.1) is 24.1 Å². The van der Waals surface area contributed by atoms with Crippen molar-refractivity contribution >= 4 is 16.8 Å². The van der Waals surface area contributed by atoms with Crippen LogP contribution < -0.4 is 16.6 Å². The Bertz CT molecular complexity index is 1140. The van der Waals surface area contributed by atoms with Gasteiger partial charge in [0.15, 0.2) is 0 Å². The van der Waals surface area contributed by atoms with Crippen molar-refractivity contribution in [1.82, 2.24) is 19.8 Å². The molecule has 1 amide bonds. The van der Waals surface area contributed by atoms with Crippen LogP contribution in [-0.2, 0) is 17.8 Å². The number of amides is 1. The number of nitrogens with zero attached hydrogens (tertiary/aromatic N) is 2. The van der Waals surface area contributed by atoms with Crippen LogP contribution in [-0.4, -0.2) is 54.2 Å². The second-order valence-electron chi connectivity index (χ2n) is 7.47. The third kappa shape index (κ3) is 5.90. The molecule has 0 aliphatic carbocycles. The van der Waals surface area contributed by atoms with Gasteiger partial charge in [0.2, 0.25) is 0 Å². The maximum absolute atomic E-state index is 12.5. The maximum Gasteiger partial charge on any atom is 0.328 e. The summed E-state index contributed by atoms with van der Waals surface area (Å²) in [5, 5.41) is 3.25.